The van der Waals surface area contributed by atoms with Gasteiger partial charge in [0.1, 0.15) is 0 Å². The minimum Gasteiger partial charge on any atom is -0.399 e. The first-order valence-corrected chi connectivity index (χ1v) is 5.84. The number of anilines is 1. The fourth-order valence-corrected chi connectivity index (χ4v) is 2.13. The van der Waals surface area contributed by atoms with Crippen LogP contribution in [0.15, 0.2) is 47.5 Å². The molecule has 0 saturated heterocycles. The van der Waals surface area contributed by atoms with E-state index >= 15 is 0 Å². The van der Waals surface area contributed by atoms with Crippen molar-refractivity contribution in [3.05, 3.63) is 63.7 Å². The summed E-state index contributed by atoms with van der Waals surface area (Å²) in [6, 6.07) is 12.3. The predicted octanol–water partition coefficient (Wildman–Crippen LogP) is 2.85. The van der Waals surface area contributed by atoms with E-state index < -0.39 is 4.92 Å². The second-order valence-electron chi connectivity index (χ2n) is 4.43. The van der Waals surface area contributed by atoms with Gasteiger partial charge < -0.3 is 5.73 Å². The molecule has 0 bridgehead atoms. The maximum absolute atomic E-state index is 10.7. The Balaban J connectivity index is 1.97. The lowest BCUT2D eigenvalue weighted by atomic mass is 10.0. The van der Waals surface area contributed by atoms with Gasteiger partial charge in [-0.05, 0) is 29.3 Å². The van der Waals surface area contributed by atoms with Gasteiger partial charge in [0.25, 0.3) is 5.69 Å². The minimum atomic E-state index is -0.406. The number of nitrogen functional groups attached to an aromatic ring is 1. The van der Waals surface area contributed by atoms with Crippen LogP contribution < -0.4 is 5.73 Å². The monoisotopic (exact) mass is 253 g/mol. The average Bonchev–Trinajstić information content (AvgIpc) is 2.82. The Bertz CT molecular complexity index is 690. The van der Waals surface area contributed by atoms with Crippen LogP contribution in [0.4, 0.5) is 17.1 Å². The summed E-state index contributed by atoms with van der Waals surface area (Å²) in [6.45, 7) is 0. The van der Waals surface area contributed by atoms with Crippen molar-refractivity contribution >= 4 is 22.8 Å². The van der Waals surface area contributed by atoms with Gasteiger partial charge in [-0.15, -0.1) is 0 Å². The van der Waals surface area contributed by atoms with Crippen molar-refractivity contribution in [3.63, 3.8) is 0 Å². The van der Waals surface area contributed by atoms with Crippen LogP contribution in [0.1, 0.15) is 11.1 Å². The summed E-state index contributed by atoms with van der Waals surface area (Å²) >= 11 is 0. The smallest absolute Gasteiger partial charge is 0.271 e. The molecule has 0 spiro atoms. The van der Waals surface area contributed by atoms with E-state index in [1.807, 2.05) is 24.3 Å². The number of rotatable bonds is 2. The first-order valence-electron chi connectivity index (χ1n) is 5.84. The number of nitrogens with two attached hydrogens (primary N) is 1. The molecule has 1 aliphatic heterocycles. The van der Waals surface area contributed by atoms with E-state index in [-0.39, 0.29) is 5.69 Å². The number of hydrogen-bond acceptors (Lipinski definition) is 4. The maximum Gasteiger partial charge on any atom is 0.271 e. The van der Waals surface area contributed by atoms with Crippen LogP contribution in [0.2, 0.25) is 0 Å². The number of benzene rings is 2. The highest BCUT2D eigenvalue weighted by Crippen LogP contribution is 2.32. The van der Waals surface area contributed by atoms with Gasteiger partial charge in [-0.2, -0.15) is 0 Å². The van der Waals surface area contributed by atoms with E-state index in [1.54, 1.807) is 6.07 Å². The molecule has 2 aromatic rings. The fraction of sp³-hybridized carbons (Fsp3) is 0.0714. The van der Waals surface area contributed by atoms with Crippen molar-refractivity contribution in [1.29, 1.82) is 0 Å². The predicted molar refractivity (Wildman–Crippen MR) is 73.9 cm³/mol. The molecular formula is C14H11N3O2. The molecule has 0 atom stereocenters. The highest BCUT2D eigenvalue weighted by molar-refractivity contribution is 6.06. The molecule has 0 fully saturated rings. The van der Waals surface area contributed by atoms with E-state index in [9.17, 15) is 10.1 Å². The summed E-state index contributed by atoms with van der Waals surface area (Å²) in [4.78, 5) is 14.8. The zero-order valence-corrected chi connectivity index (χ0v) is 10.0. The molecule has 1 heterocycles. The maximum atomic E-state index is 10.7. The number of hydrogen-bond donors (Lipinski definition) is 1. The van der Waals surface area contributed by atoms with E-state index in [0.29, 0.717) is 17.8 Å². The van der Waals surface area contributed by atoms with Crippen LogP contribution in [-0.4, -0.2) is 10.6 Å². The lowest BCUT2D eigenvalue weighted by Gasteiger charge is -2.00. The third-order valence-electron chi connectivity index (χ3n) is 3.14. The number of nitrogens with zero attached hydrogens (tertiary/aromatic N) is 2. The number of aliphatic imine (C=N–C) groups is 1. The molecule has 3 rings (SSSR count). The van der Waals surface area contributed by atoms with Gasteiger partial charge in [-0.25, -0.2) is 0 Å². The molecule has 19 heavy (non-hydrogen) atoms. The van der Waals surface area contributed by atoms with Crippen molar-refractivity contribution < 1.29 is 4.92 Å². The van der Waals surface area contributed by atoms with E-state index in [2.05, 4.69) is 4.99 Å². The van der Waals surface area contributed by atoms with Crippen molar-refractivity contribution in [3.8, 4) is 0 Å². The van der Waals surface area contributed by atoms with Crippen LogP contribution in [0.5, 0.6) is 0 Å². The summed E-state index contributed by atoms with van der Waals surface area (Å²) in [6.07, 6.45) is 0.692. The number of non-ortho nitro benzene ring substituents is 1. The van der Waals surface area contributed by atoms with Gasteiger partial charge >= 0.3 is 0 Å². The SMILES string of the molecule is Nc1ccc(C2=Nc3cc([N+](=O)[O-])ccc3C2)cc1. The van der Waals surface area contributed by atoms with E-state index in [1.165, 1.54) is 12.1 Å². The van der Waals surface area contributed by atoms with Crippen molar-refractivity contribution in [1.82, 2.24) is 0 Å². The van der Waals surface area contributed by atoms with Gasteiger partial charge in [-0.1, -0.05) is 12.1 Å². The zero-order chi connectivity index (χ0) is 13.4. The molecule has 5 nitrogen and oxygen atoms in total. The van der Waals surface area contributed by atoms with Gasteiger partial charge in [0.15, 0.2) is 0 Å². The Kier molecular flexibility index (Phi) is 2.52. The van der Waals surface area contributed by atoms with Gasteiger partial charge in [0.2, 0.25) is 0 Å². The number of nitro benzene ring substituents is 1. The highest BCUT2D eigenvalue weighted by Gasteiger charge is 2.18. The molecule has 0 unspecified atom stereocenters. The molecular weight excluding hydrogens is 242 g/mol. The Hall–Kier alpha value is -2.69. The van der Waals surface area contributed by atoms with Crippen molar-refractivity contribution in [2.24, 2.45) is 4.99 Å². The van der Waals surface area contributed by atoms with Crippen LogP contribution >= 0.6 is 0 Å². The van der Waals surface area contributed by atoms with Crippen LogP contribution in [0, 0.1) is 10.1 Å². The van der Waals surface area contributed by atoms with E-state index in [0.717, 1.165) is 16.8 Å². The molecule has 0 saturated carbocycles. The number of fused-ring (bicyclic) bond motifs is 1. The van der Waals surface area contributed by atoms with Crippen LogP contribution in [0.3, 0.4) is 0 Å². The highest BCUT2D eigenvalue weighted by atomic mass is 16.6. The summed E-state index contributed by atoms with van der Waals surface area (Å²) < 4.78 is 0. The quantitative estimate of drug-likeness (QED) is 0.507. The Labute approximate surface area is 109 Å². The molecule has 2 aromatic carbocycles. The first-order chi connectivity index (χ1) is 9.13. The second-order valence-corrected chi connectivity index (χ2v) is 4.43. The van der Waals surface area contributed by atoms with Gasteiger partial charge in [0.05, 0.1) is 16.3 Å². The zero-order valence-electron chi connectivity index (χ0n) is 10.0. The summed E-state index contributed by atoms with van der Waals surface area (Å²) in [7, 11) is 0. The molecule has 5 heteroatoms. The summed E-state index contributed by atoms with van der Waals surface area (Å²) in [5, 5.41) is 10.7. The lowest BCUT2D eigenvalue weighted by Crippen LogP contribution is -2.00. The van der Waals surface area contributed by atoms with Gasteiger partial charge in [-0.3, -0.25) is 15.1 Å². The van der Waals surface area contributed by atoms with Crippen LogP contribution in [-0.2, 0) is 6.42 Å². The Morgan fingerprint density at radius 1 is 1.16 bits per heavy atom. The summed E-state index contributed by atoms with van der Waals surface area (Å²) in [5.74, 6) is 0. The normalized spacial score (nSPS) is 12.9. The third kappa shape index (κ3) is 2.06. The average molecular weight is 253 g/mol. The molecule has 0 aliphatic carbocycles. The largest absolute Gasteiger partial charge is 0.399 e. The van der Waals surface area contributed by atoms with Crippen molar-refractivity contribution in [2.45, 2.75) is 6.42 Å². The standard InChI is InChI=1S/C14H11N3O2/c15-11-4-1-9(2-5-11)13-7-10-3-6-12(17(18)19)8-14(10)16-13/h1-6,8H,7,15H2. The molecule has 0 aromatic heterocycles. The molecule has 1 aliphatic rings. The van der Waals surface area contributed by atoms with Gasteiger partial charge in [0, 0.05) is 24.2 Å². The molecule has 0 radical (unpaired) electrons. The van der Waals surface area contributed by atoms with Crippen LogP contribution in [0.25, 0.3) is 0 Å². The molecule has 2 N–H and O–H groups in total. The summed E-state index contributed by atoms with van der Waals surface area (Å²) in [5.41, 5.74) is 10.0. The molecule has 0 amide bonds. The lowest BCUT2D eigenvalue weighted by molar-refractivity contribution is -0.384. The van der Waals surface area contributed by atoms with E-state index in [4.69, 9.17) is 5.73 Å². The number of nitro groups is 1. The molecule has 94 valence electrons. The second kappa shape index (κ2) is 4.20. The Morgan fingerprint density at radius 2 is 1.89 bits per heavy atom. The Morgan fingerprint density at radius 3 is 2.58 bits per heavy atom. The first kappa shape index (κ1) is 11.4. The minimum absolute atomic E-state index is 0.0704. The topological polar surface area (TPSA) is 81.5 Å². The third-order valence-corrected chi connectivity index (χ3v) is 3.14. The van der Waals surface area contributed by atoms with Crippen molar-refractivity contribution in [2.75, 3.05) is 5.73 Å². The fourth-order valence-electron chi connectivity index (χ4n) is 2.13.